The lowest BCUT2D eigenvalue weighted by Crippen LogP contribution is -2.44. The van der Waals surface area contributed by atoms with Gasteiger partial charge < -0.3 is 4.90 Å². The van der Waals surface area contributed by atoms with Crippen molar-refractivity contribution >= 4 is 51.6 Å². The second kappa shape index (κ2) is 7.08. The van der Waals surface area contributed by atoms with Crippen LogP contribution in [0, 0.1) is 11.3 Å². The van der Waals surface area contributed by atoms with E-state index in [1.165, 1.54) is 4.90 Å². The summed E-state index contributed by atoms with van der Waals surface area (Å²) in [4.78, 5) is 16.8. The van der Waals surface area contributed by atoms with Crippen molar-refractivity contribution < 1.29 is 4.79 Å². The Hall–Kier alpha value is -3.50. The van der Waals surface area contributed by atoms with Gasteiger partial charge in [-0.1, -0.05) is 12.7 Å². The Morgan fingerprint density at radius 2 is 1.97 bits per heavy atom. The van der Waals surface area contributed by atoms with Gasteiger partial charge in [0.15, 0.2) is 5.11 Å². The number of carbonyl (C=O) groups excluding carboxylic acids is 1. The molecule has 2 heterocycles. The molecule has 3 aromatic rings. The molecule has 0 spiro atoms. The fraction of sp³-hybridized carbons (Fsp3) is 0.217. The Balaban J connectivity index is 1.80. The lowest BCUT2D eigenvalue weighted by molar-refractivity contribution is -0.120. The van der Waals surface area contributed by atoms with Crippen LogP contribution in [0.4, 0.5) is 11.4 Å². The standard InChI is InChI=1S/C23H21N5OS/c1-5-15-11-18(8-7-16(15)13-24)27-21(29)23(3,4)28(22(27)30)19-9-10-20-17(12-19)14-25-26(20)6-2/h5,7-12,14H,1,6H2,2-4H3. The normalized spacial score (nSPS) is 15.7. The van der Waals surface area contributed by atoms with E-state index in [1.807, 2.05) is 54.7 Å². The molecule has 1 aliphatic heterocycles. The Bertz CT molecular complexity index is 1250. The number of aryl methyl sites for hydroxylation is 1. The highest BCUT2D eigenvalue weighted by Gasteiger charge is 2.50. The van der Waals surface area contributed by atoms with Gasteiger partial charge in [0.1, 0.15) is 5.54 Å². The highest BCUT2D eigenvalue weighted by Crippen LogP contribution is 2.37. The van der Waals surface area contributed by atoms with Crippen LogP contribution in [-0.2, 0) is 11.3 Å². The highest BCUT2D eigenvalue weighted by molar-refractivity contribution is 7.81. The van der Waals surface area contributed by atoms with Crippen LogP contribution in [0.25, 0.3) is 17.0 Å². The lowest BCUT2D eigenvalue weighted by Gasteiger charge is -2.29. The molecule has 0 unspecified atom stereocenters. The molecule has 0 radical (unpaired) electrons. The second-order valence-electron chi connectivity index (χ2n) is 7.61. The Morgan fingerprint density at radius 3 is 2.63 bits per heavy atom. The van der Waals surface area contributed by atoms with Crippen molar-refractivity contribution in [2.45, 2.75) is 32.9 Å². The fourth-order valence-electron chi connectivity index (χ4n) is 3.88. The van der Waals surface area contributed by atoms with E-state index in [0.717, 1.165) is 23.1 Å². The molecule has 1 saturated heterocycles. The highest BCUT2D eigenvalue weighted by atomic mass is 32.1. The summed E-state index contributed by atoms with van der Waals surface area (Å²) in [6.45, 7) is 10.3. The number of anilines is 2. The number of fused-ring (bicyclic) bond motifs is 1. The third-order valence-corrected chi connectivity index (χ3v) is 5.85. The molecule has 7 heteroatoms. The zero-order valence-electron chi connectivity index (χ0n) is 17.1. The van der Waals surface area contributed by atoms with E-state index >= 15 is 0 Å². The lowest BCUT2D eigenvalue weighted by atomic mass is 10.0. The first-order chi connectivity index (χ1) is 14.3. The van der Waals surface area contributed by atoms with Gasteiger partial charge in [-0.2, -0.15) is 10.4 Å². The predicted octanol–water partition coefficient (Wildman–Crippen LogP) is 4.49. The van der Waals surface area contributed by atoms with Gasteiger partial charge in [-0.15, -0.1) is 0 Å². The van der Waals surface area contributed by atoms with Crippen LogP contribution in [0.1, 0.15) is 31.9 Å². The van der Waals surface area contributed by atoms with Gasteiger partial charge in [-0.05, 0) is 75.0 Å². The summed E-state index contributed by atoms with van der Waals surface area (Å²) < 4.78 is 1.93. The predicted molar refractivity (Wildman–Crippen MR) is 123 cm³/mol. The van der Waals surface area contributed by atoms with Crippen molar-refractivity contribution in [2.24, 2.45) is 0 Å². The topological polar surface area (TPSA) is 65.2 Å². The van der Waals surface area contributed by atoms with Crippen molar-refractivity contribution in [2.75, 3.05) is 9.80 Å². The molecule has 6 nitrogen and oxygen atoms in total. The first-order valence-corrected chi connectivity index (χ1v) is 10.0. The Morgan fingerprint density at radius 1 is 1.23 bits per heavy atom. The maximum Gasteiger partial charge on any atom is 0.259 e. The molecule has 30 heavy (non-hydrogen) atoms. The summed E-state index contributed by atoms with van der Waals surface area (Å²) in [6.07, 6.45) is 3.43. The van der Waals surface area contributed by atoms with Crippen LogP contribution in [0.2, 0.25) is 0 Å². The molecular weight excluding hydrogens is 394 g/mol. The average molecular weight is 416 g/mol. The van der Waals surface area contributed by atoms with Gasteiger partial charge in [-0.25, -0.2) is 0 Å². The minimum Gasteiger partial charge on any atom is -0.304 e. The molecule has 0 saturated carbocycles. The number of aromatic nitrogens is 2. The zero-order valence-corrected chi connectivity index (χ0v) is 17.9. The van der Waals surface area contributed by atoms with E-state index in [1.54, 1.807) is 24.3 Å². The van der Waals surface area contributed by atoms with Gasteiger partial charge in [0.05, 0.1) is 29.0 Å². The number of benzene rings is 2. The van der Waals surface area contributed by atoms with Gasteiger partial charge in [0.2, 0.25) is 0 Å². The Labute approximate surface area is 180 Å². The van der Waals surface area contributed by atoms with Crippen LogP contribution in [0.15, 0.2) is 49.2 Å². The summed E-state index contributed by atoms with van der Waals surface area (Å²) in [6, 6.07) is 13.3. The molecule has 0 aliphatic carbocycles. The molecule has 1 fully saturated rings. The first kappa shape index (κ1) is 19.8. The third kappa shape index (κ3) is 2.80. The molecule has 4 rings (SSSR count). The number of nitrogens with zero attached hydrogens (tertiary/aromatic N) is 5. The SMILES string of the molecule is C=Cc1cc(N2C(=O)C(C)(C)N(c3ccc4c(cnn4CC)c3)C2=S)ccc1C#N. The van der Waals surface area contributed by atoms with E-state index in [2.05, 4.69) is 17.7 Å². The van der Waals surface area contributed by atoms with Crippen molar-refractivity contribution in [3.05, 3.63) is 60.3 Å². The number of hydrogen-bond acceptors (Lipinski definition) is 4. The summed E-state index contributed by atoms with van der Waals surface area (Å²) >= 11 is 5.76. The number of thiocarbonyl (C=S) groups is 1. The van der Waals surface area contributed by atoms with Gasteiger partial charge in [0, 0.05) is 17.6 Å². The molecule has 0 bridgehead atoms. The summed E-state index contributed by atoms with van der Waals surface area (Å²) in [7, 11) is 0. The van der Waals surface area contributed by atoms with Gasteiger partial charge in [-0.3, -0.25) is 14.4 Å². The number of amides is 1. The second-order valence-corrected chi connectivity index (χ2v) is 7.97. The van der Waals surface area contributed by atoms with Crippen LogP contribution in [-0.4, -0.2) is 26.3 Å². The van der Waals surface area contributed by atoms with E-state index in [-0.39, 0.29) is 5.91 Å². The van der Waals surface area contributed by atoms with E-state index in [9.17, 15) is 10.1 Å². The quantitative estimate of drug-likeness (QED) is 0.588. The van der Waals surface area contributed by atoms with E-state index in [0.29, 0.717) is 21.9 Å². The fourth-order valence-corrected chi connectivity index (χ4v) is 4.40. The molecule has 150 valence electrons. The van der Waals surface area contributed by atoms with Crippen LogP contribution >= 0.6 is 12.2 Å². The largest absolute Gasteiger partial charge is 0.304 e. The van der Waals surface area contributed by atoms with Crippen LogP contribution in [0.3, 0.4) is 0 Å². The monoisotopic (exact) mass is 415 g/mol. The van der Waals surface area contributed by atoms with Crippen molar-refractivity contribution in [1.29, 1.82) is 5.26 Å². The molecule has 2 aromatic carbocycles. The third-order valence-electron chi connectivity index (χ3n) is 5.48. The molecule has 0 atom stereocenters. The summed E-state index contributed by atoms with van der Waals surface area (Å²) in [5.41, 5.74) is 2.79. The summed E-state index contributed by atoms with van der Waals surface area (Å²) in [5.74, 6) is -0.128. The van der Waals surface area contributed by atoms with Crippen LogP contribution < -0.4 is 9.80 Å². The van der Waals surface area contributed by atoms with E-state index < -0.39 is 5.54 Å². The van der Waals surface area contributed by atoms with E-state index in [4.69, 9.17) is 12.2 Å². The van der Waals surface area contributed by atoms with Crippen LogP contribution in [0.5, 0.6) is 0 Å². The van der Waals surface area contributed by atoms with Crippen molar-refractivity contribution in [3.8, 4) is 6.07 Å². The number of hydrogen-bond donors (Lipinski definition) is 0. The molecular formula is C23H21N5OS. The first-order valence-electron chi connectivity index (χ1n) is 9.64. The average Bonchev–Trinajstić information content (AvgIpc) is 3.22. The molecule has 1 amide bonds. The molecule has 1 aliphatic rings. The minimum atomic E-state index is -0.867. The zero-order chi connectivity index (χ0) is 21.6. The molecule has 0 N–H and O–H groups in total. The minimum absolute atomic E-state index is 0.128. The number of rotatable bonds is 4. The van der Waals surface area contributed by atoms with Crippen molar-refractivity contribution in [1.82, 2.24) is 9.78 Å². The van der Waals surface area contributed by atoms with Crippen molar-refractivity contribution in [3.63, 3.8) is 0 Å². The molecule has 1 aromatic heterocycles. The number of carbonyl (C=O) groups is 1. The summed E-state index contributed by atoms with van der Waals surface area (Å²) in [5, 5.41) is 15.1. The van der Waals surface area contributed by atoms with Gasteiger partial charge >= 0.3 is 0 Å². The smallest absolute Gasteiger partial charge is 0.259 e. The Kier molecular flexibility index (Phi) is 4.67. The number of nitriles is 1. The van der Waals surface area contributed by atoms with Gasteiger partial charge in [0.25, 0.3) is 5.91 Å². The maximum atomic E-state index is 13.4. The maximum absolute atomic E-state index is 13.4.